The van der Waals surface area contributed by atoms with E-state index < -0.39 is 35.0 Å². The summed E-state index contributed by atoms with van der Waals surface area (Å²) in [5, 5.41) is 14.1. The Morgan fingerprint density at radius 1 is 1.24 bits per heavy atom. The predicted octanol–water partition coefficient (Wildman–Crippen LogP) is 2.86. The molecule has 0 radical (unpaired) electrons. The third kappa shape index (κ3) is 3.47. The molecule has 25 heavy (non-hydrogen) atoms. The maximum absolute atomic E-state index is 13.3. The van der Waals surface area contributed by atoms with Crippen LogP contribution < -0.4 is 0 Å². The molecule has 0 saturated heterocycles. The Bertz CT molecular complexity index is 826. The average Bonchev–Trinajstić information content (AvgIpc) is 2.99. The fourth-order valence-corrected chi connectivity index (χ4v) is 2.73. The van der Waals surface area contributed by atoms with Crippen LogP contribution in [0.4, 0.5) is 8.78 Å². The van der Waals surface area contributed by atoms with Gasteiger partial charge in [0.1, 0.15) is 17.0 Å². The van der Waals surface area contributed by atoms with Gasteiger partial charge in [-0.3, -0.25) is 19.3 Å². The van der Waals surface area contributed by atoms with Gasteiger partial charge in [-0.1, -0.05) is 6.07 Å². The largest absolute Gasteiger partial charge is 0.506 e. The van der Waals surface area contributed by atoms with Gasteiger partial charge in [-0.05, 0) is 18.6 Å². The molecule has 0 bridgehead atoms. The van der Waals surface area contributed by atoms with E-state index in [0.29, 0.717) is 12.1 Å². The van der Waals surface area contributed by atoms with Crippen molar-refractivity contribution in [1.82, 2.24) is 14.8 Å². The number of nitrogens with zero attached hydrogens (tertiary/aromatic N) is 3. The number of alkyl halides is 2. The number of carbonyl (C=O) groups excluding carboxylic acids is 2. The molecule has 0 amide bonds. The van der Waals surface area contributed by atoms with Gasteiger partial charge in [0.25, 0.3) is 6.43 Å². The topological polar surface area (TPSA) is 85.1 Å². The third-order valence-corrected chi connectivity index (χ3v) is 3.90. The second-order valence-electron chi connectivity index (χ2n) is 5.67. The molecule has 0 atom stereocenters. The first-order chi connectivity index (χ1) is 12.0. The highest BCUT2D eigenvalue weighted by molar-refractivity contribution is 6.25. The number of hydrogen-bond acceptors (Lipinski definition) is 5. The van der Waals surface area contributed by atoms with E-state index in [4.69, 9.17) is 0 Å². The van der Waals surface area contributed by atoms with Crippen LogP contribution in [0.15, 0.2) is 36.2 Å². The van der Waals surface area contributed by atoms with Gasteiger partial charge in [-0.25, -0.2) is 8.78 Å². The summed E-state index contributed by atoms with van der Waals surface area (Å²) in [6.07, 6.45) is 0.417. The van der Waals surface area contributed by atoms with Crippen LogP contribution in [0.5, 0.6) is 0 Å². The summed E-state index contributed by atoms with van der Waals surface area (Å²) in [5.74, 6) is -1.80. The Morgan fingerprint density at radius 2 is 1.96 bits per heavy atom. The van der Waals surface area contributed by atoms with Crippen molar-refractivity contribution in [3.05, 3.63) is 53.1 Å². The number of allylic oxidation sites excluding steroid dienone is 1. The Balaban J connectivity index is 2.03. The molecule has 2 aromatic rings. The lowest BCUT2D eigenvalue weighted by atomic mass is 9.90. The Labute approximate surface area is 141 Å². The standard InChI is InChI=1S/C17H15F2N3O3/c18-17(19)15-11(16(25)14-12(23)5-3-6-13(14)24)9-22(21-15)8-10-4-1-2-7-20-10/h1-2,4,7,9,17,25H,3,5-6,8H2. The van der Waals surface area contributed by atoms with Crippen LogP contribution in [0.3, 0.4) is 0 Å². The highest BCUT2D eigenvalue weighted by Gasteiger charge is 2.31. The first-order valence-electron chi connectivity index (χ1n) is 7.72. The van der Waals surface area contributed by atoms with Crippen molar-refractivity contribution >= 4 is 17.3 Å². The number of carbonyl (C=O) groups is 2. The molecule has 3 rings (SSSR count). The molecule has 1 saturated carbocycles. The zero-order valence-corrected chi connectivity index (χ0v) is 13.2. The molecule has 1 N–H and O–H groups in total. The van der Waals surface area contributed by atoms with Crippen molar-refractivity contribution in [1.29, 1.82) is 0 Å². The summed E-state index contributed by atoms with van der Waals surface area (Å²) in [4.78, 5) is 28.0. The maximum Gasteiger partial charge on any atom is 0.282 e. The van der Waals surface area contributed by atoms with Gasteiger partial charge in [0.15, 0.2) is 11.6 Å². The summed E-state index contributed by atoms with van der Waals surface area (Å²) >= 11 is 0. The third-order valence-electron chi connectivity index (χ3n) is 3.90. The molecule has 0 spiro atoms. The second kappa shape index (κ2) is 6.92. The second-order valence-corrected chi connectivity index (χ2v) is 5.67. The number of aliphatic hydroxyl groups is 1. The fourth-order valence-electron chi connectivity index (χ4n) is 2.73. The van der Waals surface area contributed by atoms with Crippen molar-refractivity contribution in [3.8, 4) is 0 Å². The van der Waals surface area contributed by atoms with Gasteiger partial charge >= 0.3 is 0 Å². The van der Waals surface area contributed by atoms with Crippen LogP contribution in [-0.2, 0) is 16.1 Å². The molecule has 1 aliphatic carbocycles. The number of aliphatic hydroxyl groups excluding tert-OH is 1. The molecular weight excluding hydrogens is 332 g/mol. The normalized spacial score (nSPS) is 15.1. The molecule has 8 heteroatoms. The molecule has 6 nitrogen and oxygen atoms in total. The zero-order valence-electron chi connectivity index (χ0n) is 13.2. The average molecular weight is 347 g/mol. The number of aromatic nitrogens is 3. The lowest BCUT2D eigenvalue weighted by molar-refractivity contribution is -0.123. The van der Waals surface area contributed by atoms with Crippen LogP contribution in [0.25, 0.3) is 5.76 Å². The number of hydrogen-bond donors (Lipinski definition) is 1. The summed E-state index contributed by atoms with van der Waals surface area (Å²) in [7, 11) is 0. The van der Waals surface area contributed by atoms with E-state index in [1.807, 2.05) is 0 Å². The number of pyridine rings is 1. The Morgan fingerprint density at radius 3 is 2.56 bits per heavy atom. The highest BCUT2D eigenvalue weighted by atomic mass is 19.3. The molecule has 1 fully saturated rings. The van der Waals surface area contributed by atoms with Crippen LogP contribution in [0.2, 0.25) is 0 Å². The number of ketones is 2. The van der Waals surface area contributed by atoms with Gasteiger partial charge in [-0.15, -0.1) is 0 Å². The molecule has 0 aromatic carbocycles. The Hall–Kier alpha value is -2.90. The lowest BCUT2D eigenvalue weighted by Crippen LogP contribution is -2.20. The SMILES string of the molecule is O=C1CCCC(=O)C1=C(O)c1cn(Cc2ccccn2)nc1C(F)F. The zero-order chi connectivity index (χ0) is 18.0. The monoisotopic (exact) mass is 347 g/mol. The maximum atomic E-state index is 13.3. The van der Waals surface area contributed by atoms with Crippen LogP contribution in [-0.4, -0.2) is 31.4 Å². The van der Waals surface area contributed by atoms with Gasteiger partial charge in [0.2, 0.25) is 0 Å². The number of Topliss-reactive ketones (excluding diaryl/α,β-unsaturated/α-hetero) is 2. The molecule has 0 unspecified atom stereocenters. The first kappa shape index (κ1) is 16.9. The highest BCUT2D eigenvalue weighted by Crippen LogP contribution is 2.30. The molecule has 1 aliphatic rings. The van der Waals surface area contributed by atoms with Crippen molar-refractivity contribution < 1.29 is 23.5 Å². The number of halogens is 2. The molecule has 2 heterocycles. The van der Waals surface area contributed by atoms with Crippen molar-refractivity contribution in [3.63, 3.8) is 0 Å². The van der Waals surface area contributed by atoms with E-state index in [1.165, 1.54) is 10.9 Å². The van der Waals surface area contributed by atoms with E-state index in [9.17, 15) is 23.5 Å². The van der Waals surface area contributed by atoms with Crippen LogP contribution >= 0.6 is 0 Å². The summed E-state index contributed by atoms with van der Waals surface area (Å²) in [6, 6.07) is 5.18. The molecular formula is C17H15F2N3O3. The van der Waals surface area contributed by atoms with Crippen LogP contribution in [0.1, 0.15) is 42.6 Å². The smallest absolute Gasteiger partial charge is 0.282 e. The summed E-state index contributed by atoms with van der Waals surface area (Å²) in [6.45, 7) is 0.116. The Kier molecular flexibility index (Phi) is 4.69. The quantitative estimate of drug-likeness (QED) is 0.522. The van der Waals surface area contributed by atoms with Crippen molar-refractivity contribution in [2.24, 2.45) is 0 Å². The predicted molar refractivity (Wildman–Crippen MR) is 83.9 cm³/mol. The van der Waals surface area contributed by atoms with E-state index in [1.54, 1.807) is 24.4 Å². The van der Waals surface area contributed by atoms with Gasteiger partial charge < -0.3 is 5.11 Å². The summed E-state index contributed by atoms with van der Waals surface area (Å²) < 4.78 is 27.8. The van der Waals surface area contributed by atoms with Gasteiger partial charge in [-0.2, -0.15) is 5.10 Å². The van der Waals surface area contributed by atoms with E-state index >= 15 is 0 Å². The van der Waals surface area contributed by atoms with Crippen molar-refractivity contribution in [2.75, 3.05) is 0 Å². The van der Waals surface area contributed by atoms with E-state index in [2.05, 4.69) is 10.1 Å². The first-order valence-corrected chi connectivity index (χ1v) is 7.72. The van der Waals surface area contributed by atoms with E-state index in [-0.39, 0.29) is 24.9 Å². The fraction of sp³-hybridized carbons (Fsp3) is 0.294. The van der Waals surface area contributed by atoms with Gasteiger partial charge in [0, 0.05) is 25.2 Å². The number of rotatable bonds is 4. The lowest BCUT2D eigenvalue weighted by Gasteiger charge is -2.13. The molecule has 130 valence electrons. The minimum absolute atomic E-state index is 0.108. The van der Waals surface area contributed by atoms with E-state index in [0.717, 1.165) is 0 Å². The van der Waals surface area contributed by atoms with Crippen molar-refractivity contribution in [2.45, 2.75) is 32.2 Å². The molecule has 0 aliphatic heterocycles. The minimum atomic E-state index is -2.96. The van der Waals surface area contributed by atoms with Gasteiger partial charge in [0.05, 0.1) is 17.8 Å². The summed E-state index contributed by atoms with van der Waals surface area (Å²) in [5.41, 5.74) is -0.795. The minimum Gasteiger partial charge on any atom is -0.506 e. The molecule has 2 aromatic heterocycles. The van der Waals surface area contributed by atoms with Crippen LogP contribution in [0, 0.1) is 0 Å².